The Bertz CT molecular complexity index is 848. The Balaban J connectivity index is 1.84. The molecule has 0 saturated carbocycles. The molecule has 1 N–H and O–H groups in total. The van der Waals surface area contributed by atoms with Gasteiger partial charge in [-0.25, -0.2) is 8.42 Å². The van der Waals surface area contributed by atoms with Crippen LogP contribution in [0.5, 0.6) is 0 Å². The molecule has 3 rings (SSSR count). The van der Waals surface area contributed by atoms with Crippen molar-refractivity contribution >= 4 is 27.5 Å². The third-order valence-corrected chi connectivity index (χ3v) is 6.16. The topological polar surface area (TPSA) is 66.5 Å². The molecule has 1 heterocycles. The van der Waals surface area contributed by atoms with Crippen LogP contribution in [0.3, 0.4) is 0 Å². The molecule has 1 amide bonds. The minimum Gasteiger partial charge on any atom is -0.341 e. The minimum atomic E-state index is -3.83. The van der Waals surface area contributed by atoms with E-state index in [1.807, 2.05) is 30.3 Å². The van der Waals surface area contributed by atoms with Gasteiger partial charge in [0.05, 0.1) is 4.90 Å². The van der Waals surface area contributed by atoms with Gasteiger partial charge in [-0.2, -0.15) is 4.72 Å². The summed E-state index contributed by atoms with van der Waals surface area (Å²) in [4.78, 5) is 14.7. The van der Waals surface area contributed by atoms with E-state index in [-0.39, 0.29) is 10.8 Å². The van der Waals surface area contributed by atoms with Gasteiger partial charge in [-0.05, 0) is 49.1 Å². The molecule has 0 aliphatic carbocycles. The molecule has 2 aromatic carbocycles. The normalized spacial score (nSPS) is 15.8. The average molecular weight is 393 g/mol. The maximum absolute atomic E-state index is 12.9. The third kappa shape index (κ3) is 4.63. The Hall–Kier alpha value is -1.89. The van der Waals surface area contributed by atoms with E-state index in [2.05, 4.69) is 4.72 Å². The fraction of sp³-hybridized carbons (Fsp3) is 0.316. The number of carbonyl (C=O) groups is 1. The summed E-state index contributed by atoms with van der Waals surface area (Å²) in [6, 6.07) is 14.5. The summed E-state index contributed by atoms with van der Waals surface area (Å²) in [7, 11) is -3.83. The van der Waals surface area contributed by atoms with Crippen LogP contribution in [0, 0.1) is 0 Å². The lowest BCUT2D eigenvalue weighted by Crippen LogP contribution is -2.48. The lowest BCUT2D eigenvalue weighted by molar-refractivity contribution is -0.131. The lowest BCUT2D eigenvalue weighted by Gasteiger charge is -2.24. The highest BCUT2D eigenvalue weighted by atomic mass is 35.5. The Kier molecular flexibility index (Phi) is 5.96. The molecule has 138 valence electrons. The summed E-state index contributed by atoms with van der Waals surface area (Å²) in [5, 5.41) is 0.456. The number of hydrogen-bond acceptors (Lipinski definition) is 3. The largest absolute Gasteiger partial charge is 0.341 e. The smallest absolute Gasteiger partial charge is 0.241 e. The zero-order chi connectivity index (χ0) is 18.6. The van der Waals surface area contributed by atoms with Crippen LogP contribution in [-0.2, 0) is 21.2 Å². The first-order valence-electron chi connectivity index (χ1n) is 8.56. The molecule has 1 aliphatic heterocycles. The van der Waals surface area contributed by atoms with Crippen LogP contribution in [-0.4, -0.2) is 38.4 Å². The second-order valence-electron chi connectivity index (χ2n) is 6.35. The van der Waals surface area contributed by atoms with E-state index in [1.165, 1.54) is 24.3 Å². The van der Waals surface area contributed by atoms with Gasteiger partial charge in [-0.1, -0.05) is 41.9 Å². The molecule has 26 heavy (non-hydrogen) atoms. The van der Waals surface area contributed by atoms with Gasteiger partial charge in [0.15, 0.2) is 0 Å². The molecule has 0 aromatic heterocycles. The van der Waals surface area contributed by atoms with Crippen LogP contribution >= 0.6 is 11.6 Å². The molecular formula is C19H21ClN2O3S. The molecule has 5 nitrogen and oxygen atoms in total. The van der Waals surface area contributed by atoms with Crippen molar-refractivity contribution in [1.82, 2.24) is 9.62 Å². The van der Waals surface area contributed by atoms with Crippen molar-refractivity contribution in [3.8, 4) is 0 Å². The molecule has 0 spiro atoms. The zero-order valence-corrected chi connectivity index (χ0v) is 15.8. The van der Waals surface area contributed by atoms with Gasteiger partial charge in [-0.15, -0.1) is 0 Å². The van der Waals surface area contributed by atoms with Crippen LogP contribution < -0.4 is 4.72 Å². The fourth-order valence-corrected chi connectivity index (χ4v) is 4.37. The van der Waals surface area contributed by atoms with Crippen LogP contribution in [0.2, 0.25) is 5.02 Å². The summed E-state index contributed by atoms with van der Waals surface area (Å²) in [6.07, 6.45) is 2.21. The number of benzene rings is 2. The Morgan fingerprint density at radius 2 is 1.65 bits per heavy atom. The first-order valence-corrected chi connectivity index (χ1v) is 10.4. The molecule has 0 unspecified atom stereocenters. The number of hydrogen-bond donors (Lipinski definition) is 1. The van der Waals surface area contributed by atoms with Crippen LogP contribution in [0.4, 0.5) is 0 Å². The van der Waals surface area contributed by atoms with Crippen molar-refractivity contribution in [3.63, 3.8) is 0 Å². The summed E-state index contributed by atoms with van der Waals surface area (Å²) in [5.74, 6) is -0.177. The van der Waals surface area contributed by atoms with E-state index in [1.54, 1.807) is 4.90 Å². The second-order valence-corrected chi connectivity index (χ2v) is 8.50. The van der Waals surface area contributed by atoms with Gasteiger partial charge in [0.25, 0.3) is 0 Å². The van der Waals surface area contributed by atoms with E-state index < -0.39 is 16.1 Å². The van der Waals surface area contributed by atoms with Gasteiger partial charge < -0.3 is 4.90 Å². The van der Waals surface area contributed by atoms with E-state index in [0.29, 0.717) is 24.5 Å². The van der Waals surface area contributed by atoms with Crippen LogP contribution in [0.1, 0.15) is 18.4 Å². The molecule has 2 aromatic rings. The number of amides is 1. The summed E-state index contributed by atoms with van der Waals surface area (Å²) >= 11 is 5.84. The molecule has 1 fully saturated rings. The SMILES string of the molecule is O=C([C@@H](Cc1ccccc1)NS(=O)(=O)c1ccc(Cl)cc1)N1CCCC1. The quantitative estimate of drug-likeness (QED) is 0.822. The first-order chi connectivity index (χ1) is 12.5. The summed E-state index contributed by atoms with van der Waals surface area (Å²) in [5.41, 5.74) is 0.906. The van der Waals surface area contributed by atoms with Crippen molar-refractivity contribution < 1.29 is 13.2 Å². The number of halogens is 1. The minimum absolute atomic E-state index is 0.0918. The average Bonchev–Trinajstić information content (AvgIpc) is 3.16. The van der Waals surface area contributed by atoms with Crippen LogP contribution in [0.25, 0.3) is 0 Å². The molecule has 0 radical (unpaired) electrons. The number of carbonyl (C=O) groups excluding carboxylic acids is 1. The van der Waals surface area contributed by atoms with Crippen molar-refractivity contribution in [1.29, 1.82) is 0 Å². The first kappa shape index (κ1) is 18.9. The molecule has 1 atom stereocenters. The Labute approximate surface area is 159 Å². The monoisotopic (exact) mass is 392 g/mol. The number of sulfonamides is 1. The number of nitrogens with zero attached hydrogens (tertiary/aromatic N) is 1. The standard InChI is InChI=1S/C19H21ClN2O3S/c20-16-8-10-17(11-9-16)26(24,25)21-18(14-15-6-2-1-3-7-15)19(23)22-12-4-5-13-22/h1-3,6-11,18,21H,4-5,12-14H2/t18-/m1/s1. The van der Waals surface area contributed by atoms with Gasteiger partial charge in [-0.3, -0.25) is 4.79 Å². The summed E-state index contributed by atoms with van der Waals surface area (Å²) in [6.45, 7) is 1.35. The van der Waals surface area contributed by atoms with Crippen LogP contribution in [0.15, 0.2) is 59.5 Å². The van der Waals surface area contributed by atoms with Gasteiger partial charge in [0, 0.05) is 18.1 Å². The number of likely N-dealkylation sites (tertiary alicyclic amines) is 1. The molecule has 7 heteroatoms. The number of rotatable bonds is 6. The molecule has 0 bridgehead atoms. The lowest BCUT2D eigenvalue weighted by atomic mass is 10.1. The maximum atomic E-state index is 12.9. The maximum Gasteiger partial charge on any atom is 0.241 e. The van der Waals surface area contributed by atoms with Crippen molar-refractivity contribution in [2.75, 3.05) is 13.1 Å². The van der Waals surface area contributed by atoms with Gasteiger partial charge >= 0.3 is 0 Å². The fourth-order valence-electron chi connectivity index (χ4n) is 3.06. The zero-order valence-electron chi connectivity index (χ0n) is 14.3. The van der Waals surface area contributed by atoms with Gasteiger partial charge in [0.2, 0.25) is 15.9 Å². The highest BCUT2D eigenvalue weighted by Gasteiger charge is 2.30. The third-order valence-electron chi connectivity index (χ3n) is 4.42. The molecule has 1 aliphatic rings. The van der Waals surface area contributed by atoms with Gasteiger partial charge in [0.1, 0.15) is 6.04 Å². The molecular weight excluding hydrogens is 372 g/mol. The van der Waals surface area contributed by atoms with Crippen molar-refractivity contribution in [3.05, 3.63) is 65.2 Å². The predicted molar refractivity (Wildman–Crippen MR) is 102 cm³/mol. The molecule has 1 saturated heterocycles. The number of nitrogens with one attached hydrogen (secondary N) is 1. The highest BCUT2D eigenvalue weighted by Crippen LogP contribution is 2.17. The van der Waals surface area contributed by atoms with E-state index in [9.17, 15) is 13.2 Å². The second kappa shape index (κ2) is 8.20. The highest BCUT2D eigenvalue weighted by molar-refractivity contribution is 7.89. The van der Waals surface area contributed by atoms with E-state index in [4.69, 9.17) is 11.6 Å². The Morgan fingerprint density at radius 1 is 1.04 bits per heavy atom. The summed E-state index contributed by atoms with van der Waals surface area (Å²) < 4.78 is 28.1. The van der Waals surface area contributed by atoms with E-state index in [0.717, 1.165) is 18.4 Å². The Morgan fingerprint density at radius 3 is 2.27 bits per heavy atom. The van der Waals surface area contributed by atoms with Crippen molar-refractivity contribution in [2.24, 2.45) is 0 Å². The predicted octanol–water partition coefficient (Wildman–Crippen LogP) is 2.85. The van der Waals surface area contributed by atoms with Crippen molar-refractivity contribution in [2.45, 2.75) is 30.2 Å². The van der Waals surface area contributed by atoms with E-state index >= 15 is 0 Å².